The largest absolute Gasteiger partial charge is 0.509 e. The van der Waals surface area contributed by atoms with Crippen LogP contribution in [0.3, 0.4) is 0 Å². The number of aliphatic hydroxyl groups is 1. The van der Waals surface area contributed by atoms with Gasteiger partial charge in [0.2, 0.25) is 0 Å². The lowest BCUT2D eigenvalue weighted by molar-refractivity contribution is -0.141. The van der Waals surface area contributed by atoms with E-state index < -0.39 is 52.3 Å². The van der Waals surface area contributed by atoms with Crippen LogP contribution in [-0.4, -0.2) is 34.0 Å². The molecule has 222 valence electrons. The lowest BCUT2D eigenvalue weighted by Gasteiger charge is -2.26. The molecular weight excluding hydrogens is 566 g/mol. The Kier molecular flexibility index (Phi) is 8.62. The van der Waals surface area contributed by atoms with Crippen LogP contribution in [0.25, 0.3) is 11.1 Å². The molecular formula is C29H26F6N4O3. The Morgan fingerprint density at radius 3 is 2.26 bits per heavy atom. The van der Waals surface area contributed by atoms with Crippen molar-refractivity contribution in [2.24, 2.45) is 0 Å². The maximum Gasteiger partial charge on any atom is 0.433 e. The molecule has 1 aliphatic rings. The molecule has 1 atom stereocenters. The Labute approximate surface area is 236 Å². The van der Waals surface area contributed by atoms with Crippen LogP contribution in [0.1, 0.15) is 36.6 Å². The van der Waals surface area contributed by atoms with Crippen molar-refractivity contribution in [3.63, 3.8) is 0 Å². The summed E-state index contributed by atoms with van der Waals surface area (Å²) in [6.07, 6.45) is -7.81. The first kappa shape index (κ1) is 30.6. The summed E-state index contributed by atoms with van der Waals surface area (Å²) in [4.78, 5) is 30.1. The fourth-order valence-electron chi connectivity index (χ4n) is 4.53. The summed E-state index contributed by atoms with van der Waals surface area (Å²) in [5.41, 5.74) is -4.18. The highest BCUT2D eigenvalue weighted by Gasteiger charge is 2.39. The number of amides is 2. The van der Waals surface area contributed by atoms with Gasteiger partial charge in [0.05, 0.1) is 11.1 Å². The second kappa shape index (κ2) is 11.8. The van der Waals surface area contributed by atoms with Crippen molar-refractivity contribution in [3.05, 3.63) is 95.0 Å². The Bertz CT molecular complexity index is 1480. The highest BCUT2D eigenvalue weighted by Crippen LogP contribution is 2.37. The molecule has 1 saturated heterocycles. The zero-order valence-corrected chi connectivity index (χ0v) is 22.2. The number of rotatable bonds is 7. The smallest absolute Gasteiger partial charge is 0.433 e. The summed E-state index contributed by atoms with van der Waals surface area (Å²) >= 11 is 0. The van der Waals surface area contributed by atoms with Gasteiger partial charge < -0.3 is 21.1 Å². The zero-order chi connectivity index (χ0) is 30.7. The van der Waals surface area contributed by atoms with E-state index in [4.69, 9.17) is 0 Å². The van der Waals surface area contributed by atoms with Gasteiger partial charge in [-0.2, -0.15) is 26.3 Å². The number of hydrogen-bond donors (Lipinski definition) is 4. The van der Waals surface area contributed by atoms with Gasteiger partial charge in [0.15, 0.2) is 0 Å². The van der Waals surface area contributed by atoms with Crippen LogP contribution in [0, 0.1) is 0 Å². The van der Waals surface area contributed by atoms with Crippen LogP contribution in [0.5, 0.6) is 0 Å². The number of aliphatic hydroxyl groups excluding tert-OH is 1. The van der Waals surface area contributed by atoms with Gasteiger partial charge in [-0.15, -0.1) is 0 Å². The lowest BCUT2D eigenvalue weighted by Crippen LogP contribution is -2.43. The monoisotopic (exact) mass is 592 g/mol. The minimum absolute atomic E-state index is 0.0105. The van der Waals surface area contributed by atoms with Crippen molar-refractivity contribution < 1.29 is 41.0 Å². The lowest BCUT2D eigenvalue weighted by atomic mass is 9.93. The fourth-order valence-corrected chi connectivity index (χ4v) is 4.53. The minimum atomic E-state index is -4.81. The second-order valence-corrected chi connectivity index (χ2v) is 9.90. The standard InChI is InChI=1S/C29H26F6N4O3/c1-27(12-5-13-38-27)24(40)23(25(41)37-15-17-6-3-2-4-7-17)26(42)39-21-10-9-19(28(30,31)32)14-20(21)18-8-11-22(36-16-18)29(33,34)35/h2-4,6-11,14,16,38,40H,5,12-13,15H2,1H3,(H,37,41)(H,39,42)/b24-23-/t27-/m1/s1. The van der Waals surface area contributed by atoms with E-state index in [0.29, 0.717) is 43.1 Å². The van der Waals surface area contributed by atoms with Gasteiger partial charge in [0.25, 0.3) is 11.8 Å². The molecule has 2 amide bonds. The normalized spacial score (nSPS) is 17.9. The van der Waals surface area contributed by atoms with Crippen LogP contribution in [-0.2, 0) is 28.5 Å². The fraction of sp³-hybridized carbons (Fsp3) is 0.276. The van der Waals surface area contributed by atoms with Crippen LogP contribution < -0.4 is 16.0 Å². The summed E-state index contributed by atoms with van der Waals surface area (Å²) < 4.78 is 79.7. The average Bonchev–Trinajstić information content (AvgIpc) is 3.39. The summed E-state index contributed by atoms with van der Waals surface area (Å²) in [5.74, 6) is -2.63. The van der Waals surface area contributed by atoms with Crippen LogP contribution in [0.4, 0.5) is 32.0 Å². The maximum atomic E-state index is 13.6. The number of hydrogen-bond acceptors (Lipinski definition) is 5. The average molecular weight is 593 g/mol. The van der Waals surface area contributed by atoms with Crippen molar-refractivity contribution in [2.45, 2.75) is 44.2 Å². The van der Waals surface area contributed by atoms with E-state index in [1.807, 2.05) is 0 Å². The molecule has 2 heterocycles. The van der Waals surface area contributed by atoms with E-state index >= 15 is 0 Å². The van der Waals surface area contributed by atoms with Gasteiger partial charge in [0, 0.05) is 29.6 Å². The van der Waals surface area contributed by atoms with Gasteiger partial charge in [-0.3, -0.25) is 14.6 Å². The minimum Gasteiger partial charge on any atom is -0.509 e. The molecule has 0 spiro atoms. The number of pyridine rings is 1. The van der Waals surface area contributed by atoms with Crippen molar-refractivity contribution in [2.75, 3.05) is 11.9 Å². The molecule has 2 aromatic carbocycles. The van der Waals surface area contributed by atoms with Crippen molar-refractivity contribution >= 4 is 17.5 Å². The number of anilines is 1. The van der Waals surface area contributed by atoms with Crippen molar-refractivity contribution in [3.8, 4) is 11.1 Å². The Hall–Kier alpha value is -4.39. The van der Waals surface area contributed by atoms with Gasteiger partial charge in [-0.25, -0.2) is 0 Å². The van der Waals surface area contributed by atoms with Crippen molar-refractivity contribution in [1.82, 2.24) is 15.6 Å². The number of benzene rings is 2. The molecule has 0 unspecified atom stereocenters. The van der Waals surface area contributed by atoms with E-state index in [0.717, 1.165) is 18.3 Å². The SMILES string of the molecule is C[C@]1(/C(O)=C(\C(=O)NCc2ccccc2)C(=O)Nc2ccc(C(F)(F)F)cc2-c2ccc(C(F)(F)F)nc2)CCCN1. The van der Waals surface area contributed by atoms with Gasteiger partial charge in [-0.1, -0.05) is 36.4 Å². The molecule has 1 aliphatic heterocycles. The van der Waals surface area contributed by atoms with Crippen LogP contribution in [0.2, 0.25) is 0 Å². The van der Waals surface area contributed by atoms with E-state index in [-0.39, 0.29) is 23.4 Å². The zero-order valence-electron chi connectivity index (χ0n) is 22.2. The number of aromatic nitrogens is 1. The van der Waals surface area contributed by atoms with E-state index in [1.54, 1.807) is 37.3 Å². The number of nitrogens with one attached hydrogen (secondary N) is 3. The van der Waals surface area contributed by atoms with E-state index in [1.165, 1.54) is 0 Å². The van der Waals surface area contributed by atoms with Crippen LogP contribution in [0.15, 0.2) is 78.2 Å². The second-order valence-electron chi connectivity index (χ2n) is 9.90. The summed E-state index contributed by atoms with van der Waals surface area (Å²) in [6, 6.07) is 12.5. The van der Waals surface area contributed by atoms with E-state index in [2.05, 4.69) is 20.9 Å². The molecule has 1 fully saturated rings. The summed E-state index contributed by atoms with van der Waals surface area (Å²) in [6.45, 7) is 2.12. The Balaban J connectivity index is 1.73. The highest BCUT2D eigenvalue weighted by molar-refractivity contribution is 6.23. The molecule has 1 aromatic heterocycles. The maximum absolute atomic E-state index is 13.6. The molecule has 7 nitrogen and oxygen atoms in total. The van der Waals surface area contributed by atoms with Crippen LogP contribution >= 0.6 is 0 Å². The molecule has 4 N–H and O–H groups in total. The summed E-state index contributed by atoms with van der Waals surface area (Å²) in [5, 5.41) is 19.1. The molecule has 42 heavy (non-hydrogen) atoms. The third kappa shape index (κ3) is 6.90. The molecule has 0 bridgehead atoms. The third-order valence-corrected chi connectivity index (χ3v) is 6.84. The Morgan fingerprint density at radius 2 is 1.69 bits per heavy atom. The highest BCUT2D eigenvalue weighted by atomic mass is 19.4. The number of carbonyl (C=O) groups excluding carboxylic acids is 2. The van der Waals surface area contributed by atoms with Crippen molar-refractivity contribution in [1.29, 1.82) is 0 Å². The predicted molar refractivity (Wildman–Crippen MR) is 142 cm³/mol. The first-order valence-corrected chi connectivity index (χ1v) is 12.8. The van der Waals surface area contributed by atoms with Gasteiger partial charge in [-0.05, 0) is 56.1 Å². The first-order valence-electron chi connectivity index (χ1n) is 12.8. The van der Waals surface area contributed by atoms with Gasteiger partial charge in [0.1, 0.15) is 17.0 Å². The first-order chi connectivity index (χ1) is 19.7. The third-order valence-electron chi connectivity index (χ3n) is 6.84. The number of nitrogens with zero attached hydrogens (tertiary/aromatic N) is 1. The predicted octanol–water partition coefficient (Wildman–Crippen LogP) is 6.00. The topological polar surface area (TPSA) is 103 Å². The van der Waals surface area contributed by atoms with Gasteiger partial charge >= 0.3 is 12.4 Å². The molecule has 3 aromatic rings. The number of halogens is 6. The molecule has 0 saturated carbocycles. The number of carbonyl (C=O) groups is 2. The molecule has 4 rings (SSSR count). The quantitative estimate of drug-likeness (QED) is 0.0887. The van der Waals surface area contributed by atoms with E-state index in [9.17, 15) is 41.0 Å². The molecule has 0 radical (unpaired) electrons. The molecule has 0 aliphatic carbocycles. The Morgan fingerprint density at radius 1 is 0.976 bits per heavy atom. The number of alkyl halides is 6. The summed E-state index contributed by atoms with van der Waals surface area (Å²) in [7, 11) is 0. The molecule has 13 heteroatoms.